The molecule has 2 heterocycles. The number of amides is 1. The fourth-order valence-corrected chi connectivity index (χ4v) is 4.56. The van der Waals surface area contributed by atoms with Crippen LogP contribution in [-0.4, -0.2) is 48.4 Å². The van der Waals surface area contributed by atoms with E-state index in [0.29, 0.717) is 24.2 Å². The number of rotatable bonds is 5. The molecule has 2 aromatic carbocycles. The highest BCUT2D eigenvalue weighted by Gasteiger charge is 2.26. The van der Waals surface area contributed by atoms with Crippen LogP contribution >= 0.6 is 0 Å². The van der Waals surface area contributed by atoms with Crippen molar-refractivity contribution in [2.24, 2.45) is 5.73 Å². The molecule has 0 unspecified atom stereocenters. The maximum Gasteiger partial charge on any atom is 0.250 e. The van der Waals surface area contributed by atoms with Gasteiger partial charge in [-0.05, 0) is 49.2 Å². The van der Waals surface area contributed by atoms with Crippen molar-refractivity contribution in [1.29, 1.82) is 0 Å². The summed E-state index contributed by atoms with van der Waals surface area (Å²) in [6.07, 6.45) is 1.65. The second-order valence-corrected chi connectivity index (χ2v) is 8.10. The van der Waals surface area contributed by atoms with E-state index in [2.05, 4.69) is 16.3 Å². The second-order valence-electron chi connectivity index (χ2n) is 7.15. The minimum atomic E-state index is -2.40. The molecular formula is C20H22N4O3S. The molecule has 1 fully saturated rings. The number of benzene rings is 2. The third kappa shape index (κ3) is 3.65. The van der Waals surface area contributed by atoms with E-state index in [1.807, 2.05) is 35.2 Å². The van der Waals surface area contributed by atoms with E-state index in [4.69, 9.17) is 5.73 Å². The first-order valence-electron chi connectivity index (χ1n) is 9.24. The zero-order chi connectivity index (χ0) is 19.7. The average Bonchev–Trinajstić information content (AvgIpc) is 3.12. The summed E-state index contributed by atoms with van der Waals surface area (Å²) in [6.45, 7) is 1.42. The molecule has 28 heavy (non-hydrogen) atoms. The average molecular weight is 398 g/mol. The maximum absolute atomic E-state index is 12.0. The van der Waals surface area contributed by atoms with Gasteiger partial charge in [-0.3, -0.25) is 14.8 Å². The number of nitrogens with two attached hydrogens (primary N) is 1. The summed E-state index contributed by atoms with van der Waals surface area (Å²) in [6, 6.07) is 13.7. The van der Waals surface area contributed by atoms with Gasteiger partial charge in [-0.25, -0.2) is 8.42 Å². The summed E-state index contributed by atoms with van der Waals surface area (Å²) in [4.78, 5) is 14.0. The SMILES string of the molecule is NC(=O)c1cc(-c2ccccc2)cc2c(C3CCN(C[SH](=O)=O)CC3)n[nH]c12. The van der Waals surface area contributed by atoms with Gasteiger partial charge in [-0.2, -0.15) is 5.10 Å². The van der Waals surface area contributed by atoms with Gasteiger partial charge in [0.2, 0.25) is 0 Å². The van der Waals surface area contributed by atoms with Crippen molar-refractivity contribution in [2.45, 2.75) is 18.8 Å². The molecule has 1 aromatic heterocycles. The van der Waals surface area contributed by atoms with E-state index in [1.165, 1.54) is 0 Å². The molecule has 0 bridgehead atoms. The number of piperidine rings is 1. The summed E-state index contributed by atoms with van der Waals surface area (Å²) in [7, 11) is -2.40. The number of carbonyl (C=O) groups is 1. The Morgan fingerprint density at radius 3 is 2.50 bits per heavy atom. The van der Waals surface area contributed by atoms with E-state index in [-0.39, 0.29) is 11.8 Å². The van der Waals surface area contributed by atoms with Gasteiger partial charge < -0.3 is 5.73 Å². The molecule has 1 aliphatic rings. The smallest absolute Gasteiger partial charge is 0.250 e. The molecule has 4 rings (SSSR count). The standard InChI is InChI=1S/C20H22N4O3S/c21-20(25)17-11-15(13-4-2-1-3-5-13)10-16-18(22-23-19(16)17)14-6-8-24(9-7-14)12-28(26)27/h1-5,10-11,14,28H,6-9,12H2,(H2,21,25)(H,22,23). The summed E-state index contributed by atoms with van der Waals surface area (Å²) in [5.41, 5.74) is 9.56. The molecule has 1 saturated heterocycles. The topological polar surface area (TPSA) is 109 Å². The first kappa shape index (κ1) is 18.6. The number of carbonyl (C=O) groups excluding carboxylic acids is 1. The first-order chi connectivity index (χ1) is 13.5. The van der Waals surface area contributed by atoms with E-state index in [1.54, 1.807) is 6.07 Å². The summed E-state index contributed by atoms with van der Waals surface area (Å²) in [5, 5.41) is 8.41. The lowest BCUT2D eigenvalue weighted by Crippen LogP contribution is -2.34. The number of hydrogen-bond donors (Lipinski definition) is 3. The summed E-state index contributed by atoms with van der Waals surface area (Å²) < 4.78 is 21.9. The van der Waals surface area contributed by atoms with Crippen molar-refractivity contribution in [3.63, 3.8) is 0 Å². The monoisotopic (exact) mass is 398 g/mol. The molecule has 0 spiro atoms. The largest absolute Gasteiger partial charge is 0.366 e. The zero-order valence-corrected chi connectivity index (χ0v) is 16.2. The van der Waals surface area contributed by atoms with Gasteiger partial charge in [0.15, 0.2) is 10.7 Å². The van der Waals surface area contributed by atoms with Crippen LogP contribution < -0.4 is 5.73 Å². The molecular weight excluding hydrogens is 376 g/mol. The minimum absolute atomic E-state index is 0.105. The van der Waals surface area contributed by atoms with E-state index < -0.39 is 16.6 Å². The predicted octanol–water partition coefficient (Wildman–Crippen LogP) is 2.08. The maximum atomic E-state index is 12.0. The lowest BCUT2D eigenvalue weighted by molar-refractivity contribution is 0.100. The van der Waals surface area contributed by atoms with Gasteiger partial charge in [-0.15, -0.1) is 0 Å². The van der Waals surface area contributed by atoms with Crippen LogP contribution in [0.4, 0.5) is 0 Å². The van der Waals surface area contributed by atoms with Crippen molar-refractivity contribution >= 4 is 27.5 Å². The van der Waals surface area contributed by atoms with Crippen molar-refractivity contribution in [3.05, 3.63) is 53.7 Å². The number of nitrogens with zero attached hydrogens (tertiary/aromatic N) is 2. The fourth-order valence-electron chi connectivity index (χ4n) is 3.95. The van der Waals surface area contributed by atoms with E-state index in [0.717, 1.165) is 35.0 Å². The molecule has 0 aliphatic carbocycles. The molecule has 146 valence electrons. The van der Waals surface area contributed by atoms with Gasteiger partial charge in [0, 0.05) is 11.3 Å². The number of likely N-dealkylation sites (tertiary alicyclic amines) is 1. The molecule has 1 amide bonds. The number of aromatic amines is 1. The molecule has 0 radical (unpaired) electrons. The number of nitrogens with one attached hydrogen (secondary N) is 1. The molecule has 0 atom stereocenters. The molecule has 8 heteroatoms. The van der Waals surface area contributed by atoms with Crippen LogP contribution in [0.15, 0.2) is 42.5 Å². The first-order valence-corrected chi connectivity index (χ1v) is 10.6. The predicted molar refractivity (Wildman–Crippen MR) is 109 cm³/mol. The number of fused-ring (bicyclic) bond motifs is 1. The summed E-state index contributed by atoms with van der Waals surface area (Å²) in [5.74, 6) is -0.179. The number of H-pyrrole nitrogens is 1. The fraction of sp³-hybridized carbons (Fsp3) is 0.300. The van der Waals surface area contributed by atoms with Crippen LogP contribution in [0.1, 0.15) is 34.8 Å². The van der Waals surface area contributed by atoms with Crippen LogP contribution in [-0.2, 0) is 10.7 Å². The highest BCUT2D eigenvalue weighted by molar-refractivity contribution is 7.72. The van der Waals surface area contributed by atoms with Gasteiger partial charge in [-0.1, -0.05) is 30.3 Å². The lowest BCUT2D eigenvalue weighted by Gasteiger charge is -2.29. The van der Waals surface area contributed by atoms with E-state index >= 15 is 0 Å². The molecule has 3 aromatic rings. The lowest BCUT2D eigenvalue weighted by atomic mass is 9.90. The molecule has 3 N–H and O–H groups in total. The third-order valence-corrected chi connectivity index (χ3v) is 6.00. The van der Waals surface area contributed by atoms with Gasteiger partial charge in [0.1, 0.15) is 0 Å². The molecule has 7 nitrogen and oxygen atoms in total. The Morgan fingerprint density at radius 2 is 1.86 bits per heavy atom. The minimum Gasteiger partial charge on any atom is -0.366 e. The van der Waals surface area contributed by atoms with Gasteiger partial charge in [0.05, 0.1) is 22.7 Å². The molecule has 0 saturated carbocycles. The Bertz CT molecular complexity index is 1080. The zero-order valence-electron chi connectivity index (χ0n) is 15.3. The van der Waals surface area contributed by atoms with E-state index in [9.17, 15) is 13.2 Å². The Labute approximate surface area is 164 Å². The van der Waals surface area contributed by atoms with Crippen LogP contribution in [0.3, 0.4) is 0 Å². The number of hydrogen-bond acceptors (Lipinski definition) is 5. The van der Waals surface area contributed by atoms with Crippen molar-refractivity contribution in [1.82, 2.24) is 15.1 Å². The van der Waals surface area contributed by atoms with Crippen LogP contribution in [0, 0.1) is 0 Å². The molecule has 1 aliphatic heterocycles. The van der Waals surface area contributed by atoms with Crippen molar-refractivity contribution in [2.75, 3.05) is 19.0 Å². The Hall–Kier alpha value is -2.71. The normalized spacial score (nSPS) is 16.0. The van der Waals surface area contributed by atoms with Gasteiger partial charge >= 0.3 is 0 Å². The number of thiol groups is 1. The Kier molecular flexibility index (Phi) is 5.15. The third-order valence-electron chi connectivity index (χ3n) is 5.36. The number of primary amides is 1. The summed E-state index contributed by atoms with van der Waals surface area (Å²) >= 11 is 0. The highest BCUT2D eigenvalue weighted by atomic mass is 32.2. The van der Waals surface area contributed by atoms with Crippen molar-refractivity contribution < 1.29 is 13.2 Å². The second kappa shape index (κ2) is 7.73. The Morgan fingerprint density at radius 1 is 1.14 bits per heavy atom. The van der Waals surface area contributed by atoms with Crippen LogP contribution in [0.2, 0.25) is 0 Å². The van der Waals surface area contributed by atoms with Crippen molar-refractivity contribution in [3.8, 4) is 11.1 Å². The van der Waals surface area contributed by atoms with Gasteiger partial charge in [0.25, 0.3) is 5.91 Å². The highest BCUT2D eigenvalue weighted by Crippen LogP contribution is 2.35. The Balaban J connectivity index is 1.72. The quantitative estimate of drug-likeness (QED) is 0.570. The number of aromatic nitrogens is 2. The van der Waals surface area contributed by atoms with Crippen LogP contribution in [0.5, 0.6) is 0 Å². The van der Waals surface area contributed by atoms with Crippen LogP contribution in [0.25, 0.3) is 22.0 Å².